The standard InChI is InChI=1S/C28H30FN3O5/c1-4-11-35-26-16-20(15-25(31-26)32-9-12-34-13-10-32)22-17-21(7-5-18(22)2)30-27(33)19-6-8-23-24(14-19)37-28(3,29)36-23/h5-8,14-17H,4,9-13H2,1-3H3,(H,30,33). The van der Waals surface area contributed by atoms with Gasteiger partial charge in [-0.25, -0.2) is 0 Å². The zero-order chi connectivity index (χ0) is 26.0. The van der Waals surface area contributed by atoms with Crippen molar-refractivity contribution in [1.29, 1.82) is 0 Å². The Morgan fingerprint density at radius 3 is 2.68 bits per heavy atom. The van der Waals surface area contributed by atoms with Crippen LogP contribution in [0.1, 0.15) is 36.2 Å². The van der Waals surface area contributed by atoms with Gasteiger partial charge in [0.25, 0.3) is 5.91 Å². The Morgan fingerprint density at radius 2 is 1.89 bits per heavy atom. The first-order valence-corrected chi connectivity index (χ1v) is 12.4. The molecule has 9 heteroatoms. The smallest absolute Gasteiger partial charge is 0.404 e. The van der Waals surface area contributed by atoms with Crippen LogP contribution in [0.25, 0.3) is 11.1 Å². The number of hydrogen-bond donors (Lipinski definition) is 1. The van der Waals surface area contributed by atoms with Crippen LogP contribution >= 0.6 is 0 Å². The number of carbonyl (C=O) groups excluding carboxylic acids is 1. The fourth-order valence-electron chi connectivity index (χ4n) is 4.32. The number of halogens is 1. The zero-order valence-electron chi connectivity index (χ0n) is 21.2. The van der Waals surface area contributed by atoms with Crippen molar-refractivity contribution < 1.29 is 28.1 Å². The molecule has 2 aliphatic rings. The third-order valence-electron chi connectivity index (χ3n) is 6.17. The maximum absolute atomic E-state index is 14.0. The Bertz CT molecular complexity index is 1310. The second-order valence-corrected chi connectivity index (χ2v) is 9.18. The van der Waals surface area contributed by atoms with E-state index < -0.39 is 6.04 Å². The molecule has 2 aliphatic heterocycles. The van der Waals surface area contributed by atoms with Crippen molar-refractivity contribution >= 4 is 17.4 Å². The Balaban J connectivity index is 1.42. The molecule has 1 atom stereocenters. The van der Waals surface area contributed by atoms with Crippen LogP contribution in [0.4, 0.5) is 15.9 Å². The number of fused-ring (bicyclic) bond motifs is 1. The number of nitrogens with zero attached hydrogens (tertiary/aromatic N) is 2. The fraction of sp³-hybridized carbons (Fsp3) is 0.357. The van der Waals surface area contributed by atoms with Gasteiger partial charge in [-0.15, -0.1) is 0 Å². The maximum atomic E-state index is 14.0. The summed E-state index contributed by atoms with van der Waals surface area (Å²) in [7, 11) is 0. The Morgan fingerprint density at radius 1 is 1.11 bits per heavy atom. The molecule has 5 rings (SSSR count). The van der Waals surface area contributed by atoms with Gasteiger partial charge < -0.3 is 29.2 Å². The number of amides is 1. The monoisotopic (exact) mass is 507 g/mol. The summed E-state index contributed by atoms with van der Waals surface area (Å²) >= 11 is 0. The van der Waals surface area contributed by atoms with Gasteiger partial charge in [0.15, 0.2) is 11.5 Å². The molecule has 2 aromatic carbocycles. The lowest BCUT2D eigenvalue weighted by atomic mass is 10.00. The molecule has 0 radical (unpaired) electrons. The van der Waals surface area contributed by atoms with E-state index >= 15 is 0 Å². The second kappa shape index (κ2) is 10.3. The van der Waals surface area contributed by atoms with Crippen LogP contribution in [0.15, 0.2) is 48.5 Å². The minimum Gasteiger partial charge on any atom is -0.478 e. The normalized spacial score (nSPS) is 18.5. The molecule has 0 spiro atoms. The number of anilines is 2. The number of pyridine rings is 1. The van der Waals surface area contributed by atoms with Crippen LogP contribution in [0.3, 0.4) is 0 Å². The average molecular weight is 508 g/mol. The Labute approximate surface area is 215 Å². The van der Waals surface area contributed by atoms with Crippen molar-refractivity contribution in [2.75, 3.05) is 43.1 Å². The molecule has 0 bridgehead atoms. The van der Waals surface area contributed by atoms with Gasteiger partial charge in [-0.05, 0) is 66.4 Å². The summed E-state index contributed by atoms with van der Waals surface area (Å²) in [5.41, 5.74) is 3.90. The van der Waals surface area contributed by atoms with E-state index in [2.05, 4.69) is 17.1 Å². The summed E-state index contributed by atoms with van der Waals surface area (Å²) in [5.74, 6) is 1.50. The maximum Gasteiger partial charge on any atom is 0.404 e. The van der Waals surface area contributed by atoms with Gasteiger partial charge in [-0.1, -0.05) is 13.0 Å². The van der Waals surface area contributed by atoms with Crippen molar-refractivity contribution in [3.63, 3.8) is 0 Å². The third-order valence-corrected chi connectivity index (χ3v) is 6.17. The lowest BCUT2D eigenvalue weighted by Gasteiger charge is -2.28. The van der Waals surface area contributed by atoms with E-state index in [1.165, 1.54) is 19.1 Å². The van der Waals surface area contributed by atoms with E-state index in [1.807, 2.05) is 37.3 Å². The number of hydrogen-bond acceptors (Lipinski definition) is 7. The molecule has 0 aliphatic carbocycles. The predicted octanol–water partition coefficient (Wildman–Crippen LogP) is 5.35. The largest absolute Gasteiger partial charge is 0.478 e. The molecular weight excluding hydrogens is 477 g/mol. The van der Waals surface area contributed by atoms with Gasteiger partial charge in [0.2, 0.25) is 5.88 Å². The van der Waals surface area contributed by atoms with Crippen LogP contribution in [-0.4, -0.2) is 49.8 Å². The molecule has 0 saturated carbocycles. The van der Waals surface area contributed by atoms with Gasteiger partial charge >= 0.3 is 6.04 Å². The second-order valence-electron chi connectivity index (χ2n) is 9.18. The first-order valence-electron chi connectivity index (χ1n) is 12.4. The van der Waals surface area contributed by atoms with Crippen LogP contribution in [0.2, 0.25) is 0 Å². The molecule has 1 fully saturated rings. The highest BCUT2D eigenvalue weighted by Gasteiger charge is 2.37. The van der Waals surface area contributed by atoms with Crippen molar-refractivity contribution in [2.24, 2.45) is 0 Å². The summed E-state index contributed by atoms with van der Waals surface area (Å²) in [6, 6.07) is 12.0. The van der Waals surface area contributed by atoms with Crippen molar-refractivity contribution in [3.05, 3.63) is 59.7 Å². The number of alkyl halides is 1. The van der Waals surface area contributed by atoms with E-state index in [1.54, 1.807) is 6.07 Å². The van der Waals surface area contributed by atoms with E-state index in [-0.39, 0.29) is 17.4 Å². The zero-order valence-corrected chi connectivity index (χ0v) is 21.2. The molecule has 1 saturated heterocycles. The highest BCUT2D eigenvalue weighted by atomic mass is 19.2. The average Bonchev–Trinajstić information content (AvgIpc) is 3.21. The molecular formula is C28H30FN3O5. The summed E-state index contributed by atoms with van der Waals surface area (Å²) in [5, 5.41) is 2.93. The number of aryl methyl sites for hydroxylation is 1. The summed E-state index contributed by atoms with van der Waals surface area (Å²) < 4.78 is 35.6. The molecule has 3 heterocycles. The molecule has 1 unspecified atom stereocenters. The highest BCUT2D eigenvalue weighted by molar-refractivity contribution is 6.05. The van der Waals surface area contributed by atoms with Gasteiger partial charge in [0, 0.05) is 37.3 Å². The van der Waals surface area contributed by atoms with Gasteiger partial charge in [0.1, 0.15) is 5.82 Å². The van der Waals surface area contributed by atoms with Crippen molar-refractivity contribution in [1.82, 2.24) is 4.98 Å². The number of rotatable bonds is 7. The van der Waals surface area contributed by atoms with Crippen LogP contribution < -0.4 is 24.4 Å². The van der Waals surface area contributed by atoms with Crippen LogP contribution in [0, 0.1) is 6.92 Å². The quantitative estimate of drug-likeness (QED) is 0.462. The Kier molecular flexibility index (Phi) is 6.88. The van der Waals surface area contributed by atoms with Crippen molar-refractivity contribution in [2.45, 2.75) is 33.2 Å². The number of benzene rings is 2. The van der Waals surface area contributed by atoms with E-state index in [4.69, 9.17) is 23.9 Å². The van der Waals surface area contributed by atoms with Gasteiger partial charge in [-0.2, -0.15) is 9.37 Å². The molecule has 1 amide bonds. The molecule has 3 aromatic rings. The summed E-state index contributed by atoms with van der Waals surface area (Å²) in [6.07, 6.45) is 0.879. The van der Waals surface area contributed by atoms with Gasteiger partial charge in [-0.3, -0.25) is 4.79 Å². The molecule has 194 valence electrons. The van der Waals surface area contributed by atoms with E-state index in [0.29, 0.717) is 37.0 Å². The highest BCUT2D eigenvalue weighted by Crippen LogP contribution is 2.40. The molecule has 8 nitrogen and oxygen atoms in total. The predicted molar refractivity (Wildman–Crippen MR) is 138 cm³/mol. The lowest BCUT2D eigenvalue weighted by molar-refractivity contribution is -0.173. The number of morpholine rings is 1. The first-order chi connectivity index (χ1) is 17.8. The van der Waals surface area contributed by atoms with Gasteiger partial charge in [0.05, 0.1) is 19.8 Å². The summed E-state index contributed by atoms with van der Waals surface area (Å²) in [4.78, 5) is 19.9. The fourth-order valence-corrected chi connectivity index (χ4v) is 4.32. The number of nitrogens with one attached hydrogen (secondary N) is 1. The SMILES string of the molecule is CCCOc1cc(-c2cc(NC(=O)c3ccc4c(c3)OC(C)(F)O4)ccc2C)cc(N2CCOCC2)n1. The Hall–Kier alpha value is -3.85. The lowest BCUT2D eigenvalue weighted by Crippen LogP contribution is -2.36. The van der Waals surface area contributed by atoms with E-state index in [0.717, 1.165) is 42.0 Å². The third kappa shape index (κ3) is 5.61. The van der Waals surface area contributed by atoms with E-state index in [9.17, 15) is 9.18 Å². The molecule has 1 N–H and O–H groups in total. The minimum atomic E-state index is -2.24. The number of ether oxygens (including phenoxy) is 4. The van der Waals surface area contributed by atoms with Crippen molar-refractivity contribution in [3.8, 4) is 28.5 Å². The minimum absolute atomic E-state index is 0.189. The molecule has 1 aromatic heterocycles. The molecule has 37 heavy (non-hydrogen) atoms. The van der Waals surface area contributed by atoms with Crippen LogP contribution in [-0.2, 0) is 4.74 Å². The summed E-state index contributed by atoms with van der Waals surface area (Å²) in [6.45, 7) is 8.65. The topological polar surface area (TPSA) is 82.2 Å². The number of carbonyl (C=O) groups is 1. The first kappa shape index (κ1) is 24.8. The number of aromatic nitrogens is 1. The van der Waals surface area contributed by atoms with Crippen LogP contribution in [0.5, 0.6) is 17.4 Å².